The van der Waals surface area contributed by atoms with Gasteiger partial charge in [-0.3, -0.25) is 0 Å². The fraction of sp³-hybridized carbons (Fsp3) is 0.533. The second-order valence-electron chi connectivity index (χ2n) is 5.16. The molecule has 4 nitrogen and oxygen atoms in total. The summed E-state index contributed by atoms with van der Waals surface area (Å²) in [5, 5.41) is 12.3. The molecular formula is C15H25N3OS. The van der Waals surface area contributed by atoms with Crippen LogP contribution in [0.2, 0.25) is 0 Å². The van der Waals surface area contributed by atoms with Crippen LogP contribution in [0.5, 0.6) is 0 Å². The lowest BCUT2D eigenvalue weighted by Crippen LogP contribution is -2.35. The number of anilines is 1. The van der Waals surface area contributed by atoms with Crippen molar-refractivity contribution in [2.45, 2.75) is 38.6 Å². The molecule has 0 radical (unpaired) electrons. The zero-order valence-corrected chi connectivity index (χ0v) is 13.7. The molecule has 0 aliphatic rings. The average molecular weight is 295 g/mol. The van der Waals surface area contributed by atoms with Gasteiger partial charge in [0.25, 0.3) is 0 Å². The Labute approximate surface area is 126 Å². The molecule has 0 heterocycles. The van der Waals surface area contributed by atoms with Crippen molar-refractivity contribution < 1.29 is 5.21 Å². The van der Waals surface area contributed by atoms with Gasteiger partial charge in [-0.1, -0.05) is 32.0 Å². The molecule has 0 aliphatic heterocycles. The third-order valence-electron chi connectivity index (χ3n) is 3.62. The molecule has 0 aliphatic carbocycles. The van der Waals surface area contributed by atoms with Gasteiger partial charge in [0.1, 0.15) is 0 Å². The molecule has 1 rings (SSSR count). The van der Waals surface area contributed by atoms with Crippen molar-refractivity contribution in [2.75, 3.05) is 17.7 Å². The Morgan fingerprint density at radius 1 is 1.40 bits per heavy atom. The number of benzene rings is 1. The number of thioether (sulfide) groups is 1. The summed E-state index contributed by atoms with van der Waals surface area (Å²) in [6.45, 7) is 8.65. The summed E-state index contributed by atoms with van der Waals surface area (Å²) >= 11 is 1.70. The number of nitrogens with zero attached hydrogens (tertiary/aromatic N) is 2. The lowest BCUT2D eigenvalue weighted by atomic mass is 10.0. The van der Waals surface area contributed by atoms with Crippen LogP contribution in [0.15, 0.2) is 28.3 Å². The second-order valence-corrected chi connectivity index (χ2v) is 6.47. The van der Waals surface area contributed by atoms with Gasteiger partial charge in [0.2, 0.25) is 0 Å². The monoisotopic (exact) mass is 295 g/mol. The maximum atomic E-state index is 9.07. The largest absolute Gasteiger partial charge is 0.409 e. The topological polar surface area (TPSA) is 61.8 Å². The third-order valence-corrected chi connectivity index (χ3v) is 4.56. The average Bonchev–Trinajstić information content (AvgIpc) is 2.44. The van der Waals surface area contributed by atoms with Gasteiger partial charge in [-0.25, -0.2) is 0 Å². The van der Waals surface area contributed by atoms with Crippen LogP contribution in [0.25, 0.3) is 0 Å². The first-order chi connectivity index (χ1) is 9.43. The van der Waals surface area contributed by atoms with Crippen LogP contribution in [0.1, 0.15) is 33.3 Å². The molecule has 0 aromatic heterocycles. The number of rotatable bonds is 6. The quantitative estimate of drug-likeness (QED) is 0.278. The van der Waals surface area contributed by atoms with Crippen molar-refractivity contribution in [1.82, 2.24) is 0 Å². The Bertz CT molecular complexity index is 474. The Morgan fingerprint density at radius 2 is 2.05 bits per heavy atom. The van der Waals surface area contributed by atoms with E-state index in [2.05, 4.69) is 44.8 Å². The standard InChI is InChI=1S/C15H25N3OS/c1-6-20-13-9-7-8-12(14(13)15(16)17-19)18(5)11(4)10(2)3/h7-11,19H,6H2,1-5H3,(H2,16,17). The van der Waals surface area contributed by atoms with E-state index in [1.807, 2.05) is 18.2 Å². The van der Waals surface area contributed by atoms with Crippen molar-refractivity contribution in [3.05, 3.63) is 23.8 Å². The van der Waals surface area contributed by atoms with Crippen LogP contribution < -0.4 is 10.6 Å². The lowest BCUT2D eigenvalue weighted by molar-refractivity contribution is 0.318. The molecule has 112 valence electrons. The van der Waals surface area contributed by atoms with Crippen LogP contribution in [0, 0.1) is 5.92 Å². The highest BCUT2D eigenvalue weighted by Crippen LogP contribution is 2.32. The van der Waals surface area contributed by atoms with Gasteiger partial charge < -0.3 is 15.8 Å². The van der Waals surface area contributed by atoms with Crippen molar-refractivity contribution >= 4 is 23.3 Å². The summed E-state index contributed by atoms with van der Waals surface area (Å²) in [6, 6.07) is 6.41. The molecule has 0 amide bonds. The Balaban J connectivity index is 3.35. The van der Waals surface area contributed by atoms with Gasteiger partial charge in [0.05, 0.1) is 5.56 Å². The van der Waals surface area contributed by atoms with E-state index in [1.165, 1.54) is 0 Å². The van der Waals surface area contributed by atoms with Gasteiger partial charge in [0, 0.05) is 23.7 Å². The smallest absolute Gasteiger partial charge is 0.173 e. The van der Waals surface area contributed by atoms with E-state index in [-0.39, 0.29) is 5.84 Å². The summed E-state index contributed by atoms with van der Waals surface area (Å²) < 4.78 is 0. The highest BCUT2D eigenvalue weighted by molar-refractivity contribution is 7.99. The third kappa shape index (κ3) is 3.60. The molecule has 1 aromatic rings. The molecule has 1 aromatic carbocycles. The van der Waals surface area contributed by atoms with Crippen LogP contribution in [-0.4, -0.2) is 29.9 Å². The van der Waals surface area contributed by atoms with E-state index < -0.39 is 0 Å². The molecule has 0 saturated carbocycles. The SMILES string of the molecule is CCSc1cccc(N(C)C(C)C(C)C)c1/C(N)=N/O. The van der Waals surface area contributed by atoms with Gasteiger partial charge >= 0.3 is 0 Å². The van der Waals surface area contributed by atoms with Crippen LogP contribution in [-0.2, 0) is 0 Å². The Morgan fingerprint density at radius 3 is 2.55 bits per heavy atom. The number of amidine groups is 1. The fourth-order valence-corrected chi connectivity index (χ4v) is 2.90. The van der Waals surface area contributed by atoms with Gasteiger partial charge in [-0.05, 0) is 30.7 Å². The molecule has 0 bridgehead atoms. The molecule has 0 fully saturated rings. The minimum atomic E-state index is 0.166. The predicted molar refractivity (Wildman–Crippen MR) is 88.1 cm³/mol. The minimum Gasteiger partial charge on any atom is -0.409 e. The molecular weight excluding hydrogens is 270 g/mol. The van der Waals surface area contributed by atoms with Gasteiger partial charge in [-0.15, -0.1) is 11.8 Å². The van der Waals surface area contributed by atoms with Gasteiger partial charge in [-0.2, -0.15) is 0 Å². The van der Waals surface area contributed by atoms with Crippen molar-refractivity contribution in [3.63, 3.8) is 0 Å². The zero-order valence-electron chi connectivity index (χ0n) is 12.9. The zero-order chi connectivity index (χ0) is 15.3. The summed E-state index contributed by atoms with van der Waals surface area (Å²) in [6.07, 6.45) is 0. The summed E-state index contributed by atoms with van der Waals surface area (Å²) in [5.74, 6) is 1.63. The Kier molecular flexibility index (Phi) is 6.20. The first kappa shape index (κ1) is 16.7. The summed E-state index contributed by atoms with van der Waals surface area (Å²) in [4.78, 5) is 3.24. The Hall–Kier alpha value is -1.36. The van der Waals surface area contributed by atoms with E-state index in [9.17, 15) is 0 Å². The van der Waals surface area contributed by atoms with E-state index in [0.717, 1.165) is 21.9 Å². The van der Waals surface area contributed by atoms with E-state index in [4.69, 9.17) is 10.9 Å². The van der Waals surface area contributed by atoms with Crippen LogP contribution in [0.4, 0.5) is 5.69 Å². The van der Waals surface area contributed by atoms with Crippen molar-refractivity contribution in [3.8, 4) is 0 Å². The number of nitrogens with two attached hydrogens (primary N) is 1. The van der Waals surface area contributed by atoms with E-state index in [0.29, 0.717) is 12.0 Å². The minimum absolute atomic E-state index is 0.166. The number of hydrogen-bond acceptors (Lipinski definition) is 4. The molecule has 0 spiro atoms. The van der Waals surface area contributed by atoms with Crippen molar-refractivity contribution in [1.29, 1.82) is 0 Å². The summed E-state index contributed by atoms with van der Waals surface area (Å²) in [7, 11) is 2.05. The normalized spacial score (nSPS) is 13.6. The summed E-state index contributed by atoms with van der Waals surface area (Å²) in [5.41, 5.74) is 7.72. The fourth-order valence-electron chi connectivity index (χ4n) is 2.06. The molecule has 20 heavy (non-hydrogen) atoms. The first-order valence-corrected chi connectivity index (χ1v) is 7.89. The molecule has 5 heteroatoms. The molecule has 1 atom stereocenters. The molecule has 1 unspecified atom stereocenters. The number of oxime groups is 1. The lowest BCUT2D eigenvalue weighted by Gasteiger charge is -2.32. The van der Waals surface area contributed by atoms with Crippen molar-refractivity contribution in [2.24, 2.45) is 16.8 Å². The molecule has 3 N–H and O–H groups in total. The van der Waals surface area contributed by atoms with Gasteiger partial charge in [0.15, 0.2) is 5.84 Å². The first-order valence-electron chi connectivity index (χ1n) is 6.90. The maximum absolute atomic E-state index is 9.07. The van der Waals surface area contributed by atoms with Crippen LogP contribution in [0.3, 0.4) is 0 Å². The number of hydrogen-bond donors (Lipinski definition) is 2. The molecule has 0 saturated heterocycles. The van der Waals surface area contributed by atoms with E-state index in [1.54, 1.807) is 11.8 Å². The second kappa shape index (κ2) is 7.43. The predicted octanol–water partition coefficient (Wildman–Crippen LogP) is 3.37. The highest BCUT2D eigenvalue weighted by Gasteiger charge is 2.20. The van der Waals surface area contributed by atoms with E-state index >= 15 is 0 Å². The van der Waals surface area contributed by atoms with Crippen LogP contribution >= 0.6 is 11.8 Å². The maximum Gasteiger partial charge on any atom is 0.173 e. The highest BCUT2D eigenvalue weighted by atomic mass is 32.2.